The van der Waals surface area contributed by atoms with Gasteiger partial charge < -0.3 is 15.2 Å². The summed E-state index contributed by atoms with van der Waals surface area (Å²) < 4.78 is 0. The molecule has 0 radical (unpaired) electrons. The molecule has 0 bridgehead atoms. The Morgan fingerprint density at radius 1 is 1.35 bits per heavy atom. The number of aromatic amines is 1. The van der Waals surface area contributed by atoms with Gasteiger partial charge in [-0.1, -0.05) is 18.2 Å². The maximum atomic E-state index is 4.29. The number of fused-ring (bicyclic) bond motifs is 1. The zero-order valence-corrected chi connectivity index (χ0v) is 12.0. The Labute approximate surface area is 120 Å². The number of aromatic nitrogens is 2. The van der Waals surface area contributed by atoms with E-state index in [9.17, 15) is 0 Å². The number of aryl methyl sites for hydroxylation is 1. The highest BCUT2D eigenvalue weighted by molar-refractivity contribution is 5.57. The molecule has 0 fully saturated rings. The third-order valence-corrected chi connectivity index (χ3v) is 3.99. The van der Waals surface area contributed by atoms with Crippen LogP contribution in [0.3, 0.4) is 0 Å². The van der Waals surface area contributed by atoms with E-state index in [1.807, 2.05) is 0 Å². The molecule has 4 nitrogen and oxygen atoms in total. The average molecular weight is 270 g/mol. The predicted molar refractivity (Wildman–Crippen MR) is 82.0 cm³/mol. The van der Waals surface area contributed by atoms with E-state index in [2.05, 4.69) is 51.4 Å². The van der Waals surface area contributed by atoms with Gasteiger partial charge in [0.1, 0.15) is 0 Å². The van der Waals surface area contributed by atoms with Crippen LogP contribution in [0.1, 0.15) is 23.4 Å². The van der Waals surface area contributed by atoms with Crippen LogP contribution in [0.2, 0.25) is 0 Å². The van der Waals surface area contributed by atoms with E-state index in [4.69, 9.17) is 0 Å². The molecule has 0 spiro atoms. The normalized spacial score (nSPS) is 13.8. The number of benzene rings is 1. The Balaban J connectivity index is 1.40. The molecule has 2 N–H and O–H groups in total. The quantitative estimate of drug-likeness (QED) is 0.791. The summed E-state index contributed by atoms with van der Waals surface area (Å²) in [5.74, 6) is 0. The first kappa shape index (κ1) is 13.2. The van der Waals surface area contributed by atoms with Crippen LogP contribution in [-0.2, 0) is 13.0 Å². The molecule has 1 aliphatic heterocycles. The van der Waals surface area contributed by atoms with E-state index in [0.29, 0.717) is 0 Å². The summed E-state index contributed by atoms with van der Waals surface area (Å²) in [5, 5.41) is 3.47. The Bertz CT molecular complexity index is 561. The maximum Gasteiger partial charge on any atom is 0.0925 e. The first-order valence-corrected chi connectivity index (χ1v) is 7.37. The van der Waals surface area contributed by atoms with Gasteiger partial charge in [-0.25, -0.2) is 4.98 Å². The van der Waals surface area contributed by atoms with Crippen LogP contribution >= 0.6 is 0 Å². The van der Waals surface area contributed by atoms with Crippen LogP contribution in [0.4, 0.5) is 5.69 Å². The molecule has 0 amide bonds. The zero-order chi connectivity index (χ0) is 13.8. The molecule has 3 rings (SSSR count). The molecule has 1 aliphatic rings. The van der Waals surface area contributed by atoms with E-state index in [-0.39, 0.29) is 0 Å². The minimum atomic E-state index is 0.853. The van der Waals surface area contributed by atoms with Crippen LogP contribution in [0.15, 0.2) is 30.6 Å². The molecule has 0 unspecified atom stereocenters. The van der Waals surface area contributed by atoms with Gasteiger partial charge in [-0.3, -0.25) is 0 Å². The first-order valence-electron chi connectivity index (χ1n) is 7.37. The average Bonchev–Trinajstić information content (AvgIpc) is 3.06. The van der Waals surface area contributed by atoms with Crippen LogP contribution in [0.25, 0.3) is 0 Å². The van der Waals surface area contributed by atoms with E-state index >= 15 is 0 Å². The molecule has 2 heterocycles. The summed E-state index contributed by atoms with van der Waals surface area (Å²) in [6.07, 6.45) is 4.11. The number of nitrogens with zero attached hydrogens (tertiary/aromatic N) is 2. The molecular formula is C16H22N4. The van der Waals surface area contributed by atoms with Crippen LogP contribution in [0, 0.1) is 6.92 Å². The summed E-state index contributed by atoms with van der Waals surface area (Å²) in [6.45, 7) is 6.24. The molecule has 0 saturated heterocycles. The Hall–Kier alpha value is -1.81. The fourth-order valence-corrected chi connectivity index (χ4v) is 2.81. The number of anilines is 1. The largest absolute Gasteiger partial charge is 0.371 e. The molecule has 2 aromatic rings. The lowest BCUT2D eigenvalue weighted by molar-refractivity contribution is 0.631. The molecule has 0 atom stereocenters. The summed E-state index contributed by atoms with van der Waals surface area (Å²) >= 11 is 0. The Kier molecular flexibility index (Phi) is 4.02. The second-order valence-corrected chi connectivity index (χ2v) is 5.37. The number of hydrogen-bond donors (Lipinski definition) is 2. The number of rotatable bonds is 6. The van der Waals surface area contributed by atoms with Crippen molar-refractivity contribution in [3.05, 3.63) is 47.5 Å². The molecule has 0 saturated carbocycles. The fourth-order valence-electron chi connectivity index (χ4n) is 2.81. The fraction of sp³-hybridized carbons (Fsp3) is 0.438. The molecule has 4 heteroatoms. The third kappa shape index (κ3) is 2.85. The second-order valence-electron chi connectivity index (χ2n) is 5.37. The number of nitrogens with one attached hydrogen (secondary N) is 2. The first-order chi connectivity index (χ1) is 9.84. The van der Waals surface area contributed by atoms with Gasteiger partial charge in [-0.15, -0.1) is 0 Å². The van der Waals surface area contributed by atoms with Crippen LogP contribution in [-0.4, -0.2) is 29.6 Å². The summed E-state index contributed by atoms with van der Waals surface area (Å²) in [4.78, 5) is 9.89. The van der Waals surface area contributed by atoms with Crippen LogP contribution in [0.5, 0.6) is 0 Å². The van der Waals surface area contributed by atoms with E-state index < -0.39 is 0 Å². The number of H-pyrrole nitrogens is 1. The highest BCUT2D eigenvalue weighted by atomic mass is 15.1. The van der Waals surface area contributed by atoms with Gasteiger partial charge in [-0.05, 0) is 37.9 Å². The van der Waals surface area contributed by atoms with Crippen molar-refractivity contribution in [1.82, 2.24) is 15.3 Å². The van der Waals surface area contributed by atoms with Crippen molar-refractivity contribution in [2.24, 2.45) is 0 Å². The molecule has 106 valence electrons. The number of imidazole rings is 1. The maximum absolute atomic E-state index is 4.29. The van der Waals surface area contributed by atoms with Crippen molar-refractivity contribution < 1.29 is 0 Å². The molecule has 0 aliphatic carbocycles. The van der Waals surface area contributed by atoms with Crippen molar-refractivity contribution in [2.75, 3.05) is 24.5 Å². The van der Waals surface area contributed by atoms with Gasteiger partial charge in [-0.2, -0.15) is 0 Å². The SMILES string of the molecule is Cc1[nH]cnc1CNCCCN1CCc2ccccc21. The topological polar surface area (TPSA) is 44.0 Å². The Morgan fingerprint density at radius 2 is 2.25 bits per heavy atom. The summed E-state index contributed by atoms with van der Waals surface area (Å²) in [7, 11) is 0. The minimum absolute atomic E-state index is 0.853. The zero-order valence-electron chi connectivity index (χ0n) is 12.0. The smallest absolute Gasteiger partial charge is 0.0925 e. The highest BCUT2D eigenvalue weighted by Gasteiger charge is 2.17. The van der Waals surface area contributed by atoms with E-state index in [1.165, 1.54) is 17.7 Å². The second kappa shape index (κ2) is 6.09. The molecule has 20 heavy (non-hydrogen) atoms. The van der Waals surface area contributed by atoms with Gasteiger partial charge >= 0.3 is 0 Å². The minimum Gasteiger partial charge on any atom is -0.371 e. The standard InChI is InChI=1S/C16H22N4/c1-13-15(19-12-18-13)11-17-8-4-9-20-10-7-14-5-2-3-6-16(14)20/h2-3,5-6,12,17H,4,7-11H2,1H3,(H,18,19). The lowest BCUT2D eigenvalue weighted by Crippen LogP contribution is -2.25. The van der Waals surface area contributed by atoms with Gasteiger partial charge in [0.15, 0.2) is 0 Å². The van der Waals surface area contributed by atoms with Crippen molar-refractivity contribution in [2.45, 2.75) is 26.3 Å². The monoisotopic (exact) mass is 270 g/mol. The summed E-state index contributed by atoms with van der Waals surface area (Å²) in [6, 6.07) is 8.75. The number of hydrogen-bond acceptors (Lipinski definition) is 3. The van der Waals surface area contributed by atoms with Gasteiger partial charge in [0.25, 0.3) is 0 Å². The van der Waals surface area contributed by atoms with Crippen molar-refractivity contribution in [3.63, 3.8) is 0 Å². The van der Waals surface area contributed by atoms with Gasteiger partial charge in [0.05, 0.1) is 12.0 Å². The highest BCUT2D eigenvalue weighted by Crippen LogP contribution is 2.27. The third-order valence-electron chi connectivity index (χ3n) is 3.99. The molecule has 1 aromatic heterocycles. The van der Waals surface area contributed by atoms with E-state index in [0.717, 1.165) is 44.0 Å². The molecular weight excluding hydrogens is 248 g/mol. The van der Waals surface area contributed by atoms with E-state index in [1.54, 1.807) is 6.33 Å². The Morgan fingerprint density at radius 3 is 3.10 bits per heavy atom. The summed E-state index contributed by atoms with van der Waals surface area (Å²) in [5.41, 5.74) is 5.20. The molecule has 1 aromatic carbocycles. The van der Waals surface area contributed by atoms with Crippen molar-refractivity contribution in [1.29, 1.82) is 0 Å². The number of para-hydroxylation sites is 1. The van der Waals surface area contributed by atoms with Gasteiger partial charge in [0, 0.05) is 31.0 Å². The van der Waals surface area contributed by atoms with Crippen molar-refractivity contribution in [3.8, 4) is 0 Å². The van der Waals surface area contributed by atoms with Crippen molar-refractivity contribution >= 4 is 5.69 Å². The lowest BCUT2D eigenvalue weighted by atomic mass is 10.2. The predicted octanol–water partition coefficient (Wildman–Crippen LogP) is 2.26. The van der Waals surface area contributed by atoms with Gasteiger partial charge in [0.2, 0.25) is 0 Å². The van der Waals surface area contributed by atoms with Crippen LogP contribution < -0.4 is 10.2 Å². The lowest BCUT2D eigenvalue weighted by Gasteiger charge is -2.19.